The SMILES string of the molecule is CNCC(=O)N[C@@H](C)C(=O)O. The summed E-state index contributed by atoms with van der Waals surface area (Å²) in [6, 6.07) is -0.823. The quantitative estimate of drug-likeness (QED) is 0.482. The number of carboxylic acids is 1. The number of nitrogens with one attached hydrogen (secondary N) is 2. The van der Waals surface area contributed by atoms with Crippen molar-refractivity contribution in [1.82, 2.24) is 10.6 Å². The molecular weight excluding hydrogens is 148 g/mol. The van der Waals surface area contributed by atoms with Crippen molar-refractivity contribution in [2.75, 3.05) is 13.6 Å². The number of likely N-dealkylation sites (N-methyl/N-ethyl adjacent to an activating group) is 1. The summed E-state index contributed by atoms with van der Waals surface area (Å²) in [5.74, 6) is -1.35. The van der Waals surface area contributed by atoms with E-state index in [9.17, 15) is 9.59 Å². The van der Waals surface area contributed by atoms with Gasteiger partial charge in [0.25, 0.3) is 0 Å². The standard InChI is InChI=1S/C6H12N2O3/c1-4(6(10)11)8-5(9)3-7-2/h4,7H,3H2,1-2H3,(H,8,9)(H,10,11)/t4-/m0/s1. The van der Waals surface area contributed by atoms with Crippen molar-refractivity contribution in [1.29, 1.82) is 0 Å². The topological polar surface area (TPSA) is 78.4 Å². The lowest BCUT2D eigenvalue weighted by Crippen LogP contribution is -2.42. The maximum atomic E-state index is 10.7. The summed E-state index contributed by atoms with van der Waals surface area (Å²) in [5.41, 5.74) is 0. The molecule has 3 N–H and O–H groups in total. The van der Waals surface area contributed by atoms with Crippen molar-refractivity contribution in [2.45, 2.75) is 13.0 Å². The first-order chi connectivity index (χ1) is 5.07. The van der Waals surface area contributed by atoms with Gasteiger partial charge in [-0.2, -0.15) is 0 Å². The van der Waals surface area contributed by atoms with E-state index in [-0.39, 0.29) is 12.5 Å². The van der Waals surface area contributed by atoms with Gasteiger partial charge in [-0.15, -0.1) is 0 Å². The lowest BCUT2D eigenvalue weighted by molar-refractivity contribution is -0.141. The van der Waals surface area contributed by atoms with E-state index >= 15 is 0 Å². The molecule has 1 amide bonds. The van der Waals surface area contributed by atoms with Crippen LogP contribution < -0.4 is 10.6 Å². The van der Waals surface area contributed by atoms with Crippen LogP contribution in [-0.2, 0) is 9.59 Å². The van der Waals surface area contributed by atoms with Crippen LogP contribution in [0, 0.1) is 0 Å². The number of hydrogen-bond acceptors (Lipinski definition) is 3. The van der Waals surface area contributed by atoms with E-state index in [0.717, 1.165) is 0 Å². The molecule has 0 heterocycles. The molecule has 0 bridgehead atoms. The predicted molar refractivity (Wildman–Crippen MR) is 39.2 cm³/mol. The van der Waals surface area contributed by atoms with Gasteiger partial charge in [0.2, 0.25) is 5.91 Å². The maximum absolute atomic E-state index is 10.7. The van der Waals surface area contributed by atoms with Crippen molar-refractivity contribution < 1.29 is 14.7 Å². The van der Waals surface area contributed by atoms with Gasteiger partial charge in [-0.25, -0.2) is 0 Å². The summed E-state index contributed by atoms with van der Waals surface area (Å²) in [5, 5.41) is 13.3. The smallest absolute Gasteiger partial charge is 0.325 e. The zero-order chi connectivity index (χ0) is 8.85. The summed E-state index contributed by atoms with van der Waals surface area (Å²) in [7, 11) is 1.62. The van der Waals surface area contributed by atoms with Crippen LogP contribution in [0.25, 0.3) is 0 Å². The van der Waals surface area contributed by atoms with Gasteiger partial charge in [-0.1, -0.05) is 0 Å². The van der Waals surface area contributed by atoms with Crippen molar-refractivity contribution in [3.8, 4) is 0 Å². The van der Waals surface area contributed by atoms with Gasteiger partial charge in [-0.3, -0.25) is 9.59 Å². The van der Waals surface area contributed by atoms with Crippen LogP contribution in [0.5, 0.6) is 0 Å². The Bertz CT molecular complexity index is 158. The minimum atomic E-state index is -1.03. The second-order valence-electron chi connectivity index (χ2n) is 2.16. The van der Waals surface area contributed by atoms with E-state index in [2.05, 4.69) is 10.6 Å². The lowest BCUT2D eigenvalue weighted by atomic mass is 10.3. The van der Waals surface area contributed by atoms with Crippen LogP contribution in [0.4, 0.5) is 0 Å². The van der Waals surface area contributed by atoms with E-state index in [1.54, 1.807) is 7.05 Å². The number of carbonyl (C=O) groups is 2. The Morgan fingerprint density at radius 2 is 2.09 bits per heavy atom. The average molecular weight is 160 g/mol. The van der Waals surface area contributed by atoms with E-state index in [4.69, 9.17) is 5.11 Å². The molecule has 0 aromatic carbocycles. The van der Waals surface area contributed by atoms with Crippen molar-refractivity contribution in [3.05, 3.63) is 0 Å². The second kappa shape index (κ2) is 4.68. The van der Waals surface area contributed by atoms with Crippen molar-refractivity contribution in [3.63, 3.8) is 0 Å². The predicted octanol–water partition coefficient (Wildman–Crippen LogP) is -1.20. The number of hydrogen-bond donors (Lipinski definition) is 3. The molecule has 64 valence electrons. The van der Waals surface area contributed by atoms with E-state index in [1.165, 1.54) is 6.92 Å². The molecule has 0 unspecified atom stereocenters. The van der Waals surface area contributed by atoms with Crippen molar-refractivity contribution in [2.24, 2.45) is 0 Å². The number of carboxylic acid groups (broad SMARTS) is 1. The van der Waals surface area contributed by atoms with Gasteiger partial charge in [0.15, 0.2) is 0 Å². The fourth-order valence-corrected chi connectivity index (χ4v) is 0.515. The van der Waals surface area contributed by atoms with Crippen LogP contribution in [0.15, 0.2) is 0 Å². The third-order valence-electron chi connectivity index (χ3n) is 1.09. The first kappa shape index (κ1) is 9.90. The Balaban J connectivity index is 3.66. The monoisotopic (exact) mass is 160 g/mol. The zero-order valence-electron chi connectivity index (χ0n) is 6.55. The first-order valence-electron chi connectivity index (χ1n) is 3.24. The molecule has 0 aliphatic rings. The molecule has 0 aliphatic heterocycles. The summed E-state index contributed by atoms with van der Waals surface area (Å²) >= 11 is 0. The summed E-state index contributed by atoms with van der Waals surface area (Å²) in [6.07, 6.45) is 0. The van der Waals surface area contributed by atoms with Gasteiger partial charge in [0.05, 0.1) is 6.54 Å². The van der Waals surface area contributed by atoms with E-state index < -0.39 is 12.0 Å². The van der Waals surface area contributed by atoms with Gasteiger partial charge >= 0.3 is 5.97 Å². The number of aliphatic carboxylic acids is 1. The Labute approximate surface area is 64.8 Å². The maximum Gasteiger partial charge on any atom is 0.325 e. The van der Waals surface area contributed by atoms with Crippen LogP contribution in [0.3, 0.4) is 0 Å². The molecule has 11 heavy (non-hydrogen) atoms. The van der Waals surface area contributed by atoms with Crippen LogP contribution in [-0.4, -0.2) is 36.6 Å². The first-order valence-corrected chi connectivity index (χ1v) is 3.24. The summed E-state index contributed by atoms with van der Waals surface area (Å²) in [4.78, 5) is 20.9. The van der Waals surface area contributed by atoms with Crippen LogP contribution in [0.2, 0.25) is 0 Å². The molecule has 1 atom stereocenters. The highest BCUT2D eigenvalue weighted by Crippen LogP contribution is 1.79. The fourth-order valence-electron chi connectivity index (χ4n) is 0.515. The summed E-state index contributed by atoms with van der Waals surface area (Å²) in [6.45, 7) is 1.55. The molecule has 0 aromatic heterocycles. The van der Waals surface area contributed by atoms with Crippen LogP contribution in [0.1, 0.15) is 6.92 Å². The Morgan fingerprint density at radius 3 is 2.45 bits per heavy atom. The molecular formula is C6H12N2O3. The average Bonchev–Trinajstić information content (AvgIpc) is 1.87. The van der Waals surface area contributed by atoms with Crippen LogP contribution >= 0.6 is 0 Å². The molecule has 0 radical (unpaired) electrons. The highest BCUT2D eigenvalue weighted by Gasteiger charge is 2.12. The Kier molecular flexibility index (Phi) is 4.21. The largest absolute Gasteiger partial charge is 0.480 e. The highest BCUT2D eigenvalue weighted by molar-refractivity contribution is 5.84. The molecule has 0 spiro atoms. The molecule has 0 saturated heterocycles. The fraction of sp³-hybridized carbons (Fsp3) is 0.667. The Hall–Kier alpha value is -1.10. The molecule has 0 saturated carbocycles. The Morgan fingerprint density at radius 1 is 1.55 bits per heavy atom. The van der Waals surface area contributed by atoms with Gasteiger partial charge in [0.1, 0.15) is 6.04 Å². The lowest BCUT2D eigenvalue weighted by Gasteiger charge is -2.07. The molecule has 0 rings (SSSR count). The highest BCUT2D eigenvalue weighted by atomic mass is 16.4. The number of carbonyl (C=O) groups excluding carboxylic acids is 1. The molecule has 0 aliphatic carbocycles. The van der Waals surface area contributed by atoms with Crippen molar-refractivity contribution >= 4 is 11.9 Å². The molecule has 0 aromatic rings. The number of amides is 1. The molecule has 5 heteroatoms. The van der Waals surface area contributed by atoms with E-state index in [0.29, 0.717) is 0 Å². The van der Waals surface area contributed by atoms with Gasteiger partial charge in [0, 0.05) is 0 Å². The minimum absolute atomic E-state index is 0.137. The second-order valence-corrected chi connectivity index (χ2v) is 2.16. The van der Waals surface area contributed by atoms with E-state index in [1.807, 2.05) is 0 Å². The van der Waals surface area contributed by atoms with Gasteiger partial charge in [-0.05, 0) is 14.0 Å². The zero-order valence-corrected chi connectivity index (χ0v) is 6.55. The number of rotatable bonds is 4. The molecule has 5 nitrogen and oxygen atoms in total. The van der Waals surface area contributed by atoms with Gasteiger partial charge < -0.3 is 15.7 Å². The molecule has 0 fully saturated rings. The minimum Gasteiger partial charge on any atom is -0.480 e. The normalized spacial score (nSPS) is 12.2. The third kappa shape index (κ3) is 4.32. The summed E-state index contributed by atoms with van der Waals surface area (Å²) < 4.78 is 0. The third-order valence-corrected chi connectivity index (χ3v) is 1.09.